The summed E-state index contributed by atoms with van der Waals surface area (Å²) in [5.41, 5.74) is 6.12. The fourth-order valence-electron chi connectivity index (χ4n) is 6.84. The van der Waals surface area contributed by atoms with Crippen molar-refractivity contribution in [3.63, 3.8) is 0 Å². The van der Waals surface area contributed by atoms with Crippen molar-refractivity contribution in [3.05, 3.63) is 69.6 Å². The molecule has 1 unspecified atom stereocenters. The minimum Gasteiger partial charge on any atom is -0.384 e. The first-order chi connectivity index (χ1) is 17.5. The summed E-state index contributed by atoms with van der Waals surface area (Å²) in [4.78, 5) is 22.3. The molecular formula is C29H37N5O2. The molecule has 0 saturated carbocycles. The van der Waals surface area contributed by atoms with E-state index in [2.05, 4.69) is 51.3 Å². The molecule has 4 atom stereocenters. The topological polar surface area (TPSA) is 62.6 Å². The number of pyridine rings is 2. The molecule has 1 N–H and O–H groups in total. The van der Waals surface area contributed by atoms with Crippen LogP contribution in [0.1, 0.15) is 48.4 Å². The number of fused-ring (bicyclic) bond motifs is 4. The van der Waals surface area contributed by atoms with E-state index >= 15 is 0 Å². The maximum Gasteiger partial charge on any atom is 0.253 e. The van der Waals surface area contributed by atoms with Crippen LogP contribution in [0.4, 0.5) is 5.69 Å². The standard InChI is InChI=1S/C29H37N5O2/c1-19-15-33(26-13-28(35)32(2)29-25(26)7-5-11-31-29)17-27-24-9-8-20(12-21(24)16-34(19)27)23-6-4-10-30-14-22(23)18-36-3/h5,7-9,11-13,19,22-23,27,30H,4,6,10,14-18H2,1-3H3/t19-,22+,23?,27-/m1/s1. The number of aryl methyl sites for hydroxylation is 1. The fraction of sp³-hybridized carbons (Fsp3) is 0.517. The van der Waals surface area contributed by atoms with Gasteiger partial charge in [0.05, 0.1) is 18.3 Å². The first-order valence-electron chi connectivity index (χ1n) is 13.3. The number of piperazine rings is 1. The van der Waals surface area contributed by atoms with Crippen LogP contribution in [0.5, 0.6) is 0 Å². The second-order valence-electron chi connectivity index (χ2n) is 10.9. The normalized spacial score (nSPS) is 26.6. The molecule has 2 fully saturated rings. The van der Waals surface area contributed by atoms with Gasteiger partial charge in [-0.3, -0.25) is 14.3 Å². The van der Waals surface area contributed by atoms with Crippen LogP contribution in [-0.4, -0.2) is 60.4 Å². The predicted molar refractivity (Wildman–Crippen MR) is 144 cm³/mol. The molecule has 1 aromatic carbocycles. The lowest BCUT2D eigenvalue weighted by molar-refractivity contribution is 0.134. The smallest absolute Gasteiger partial charge is 0.253 e. The summed E-state index contributed by atoms with van der Waals surface area (Å²) >= 11 is 0. The monoisotopic (exact) mass is 487 g/mol. The van der Waals surface area contributed by atoms with Crippen LogP contribution in [0.2, 0.25) is 0 Å². The number of rotatable bonds is 4. The lowest BCUT2D eigenvalue weighted by atomic mass is 9.82. The van der Waals surface area contributed by atoms with Crippen molar-refractivity contribution in [2.45, 2.75) is 44.3 Å². The van der Waals surface area contributed by atoms with E-state index in [9.17, 15) is 4.79 Å². The number of nitrogens with one attached hydrogen (secondary N) is 1. The highest BCUT2D eigenvalue weighted by Gasteiger charge is 2.40. The van der Waals surface area contributed by atoms with E-state index in [0.717, 1.165) is 56.1 Å². The molecule has 190 valence electrons. The van der Waals surface area contributed by atoms with Crippen LogP contribution >= 0.6 is 0 Å². The molecule has 3 aliphatic heterocycles. The highest BCUT2D eigenvalue weighted by Crippen LogP contribution is 2.42. The van der Waals surface area contributed by atoms with Crippen molar-refractivity contribution in [2.75, 3.05) is 44.8 Å². The summed E-state index contributed by atoms with van der Waals surface area (Å²) < 4.78 is 7.23. The summed E-state index contributed by atoms with van der Waals surface area (Å²) in [5, 5.41) is 4.64. The number of nitrogens with zero attached hydrogens (tertiary/aromatic N) is 4. The Morgan fingerprint density at radius 1 is 1.19 bits per heavy atom. The Kier molecular flexibility index (Phi) is 6.32. The van der Waals surface area contributed by atoms with E-state index in [0.29, 0.717) is 23.9 Å². The molecule has 0 radical (unpaired) electrons. The molecule has 7 heteroatoms. The molecule has 3 aliphatic rings. The quantitative estimate of drug-likeness (QED) is 0.609. The Labute approximate surface area is 213 Å². The number of aromatic nitrogens is 2. The summed E-state index contributed by atoms with van der Waals surface area (Å²) in [6.45, 7) is 8.02. The molecule has 5 heterocycles. The molecule has 2 aromatic heterocycles. The van der Waals surface area contributed by atoms with Gasteiger partial charge in [0, 0.05) is 69.9 Å². The van der Waals surface area contributed by atoms with Gasteiger partial charge in [-0.05, 0) is 61.1 Å². The Morgan fingerprint density at radius 3 is 2.94 bits per heavy atom. The third kappa shape index (κ3) is 4.03. The lowest BCUT2D eigenvalue weighted by Gasteiger charge is -2.43. The van der Waals surface area contributed by atoms with Gasteiger partial charge in [0.25, 0.3) is 5.56 Å². The third-order valence-electron chi connectivity index (χ3n) is 8.69. The Hall–Kier alpha value is -2.74. The molecule has 3 aromatic rings. The van der Waals surface area contributed by atoms with Crippen molar-refractivity contribution in [1.29, 1.82) is 0 Å². The molecule has 7 nitrogen and oxygen atoms in total. The van der Waals surface area contributed by atoms with Crippen LogP contribution < -0.4 is 15.8 Å². The summed E-state index contributed by atoms with van der Waals surface area (Å²) in [6, 6.07) is 13.8. The van der Waals surface area contributed by atoms with Gasteiger partial charge >= 0.3 is 0 Å². The first kappa shape index (κ1) is 23.6. The SMILES string of the molecule is COC[C@@H]1CNCCCC1c1ccc2c(c1)CN1[C@H](C)CN(c3cc(=O)n(C)c4ncccc34)C[C@H]21. The second-order valence-corrected chi connectivity index (χ2v) is 10.9. The van der Waals surface area contributed by atoms with Gasteiger partial charge in [-0.2, -0.15) is 0 Å². The average Bonchev–Trinajstić information content (AvgIpc) is 3.10. The maximum atomic E-state index is 12.8. The van der Waals surface area contributed by atoms with E-state index in [4.69, 9.17) is 4.74 Å². The van der Waals surface area contributed by atoms with E-state index in [1.165, 1.54) is 29.5 Å². The van der Waals surface area contributed by atoms with Crippen LogP contribution in [0.25, 0.3) is 11.0 Å². The summed E-state index contributed by atoms with van der Waals surface area (Å²) in [6.07, 6.45) is 4.18. The minimum absolute atomic E-state index is 0.00810. The number of ether oxygens (including phenoxy) is 1. The molecular weight excluding hydrogens is 450 g/mol. The second kappa shape index (κ2) is 9.61. The first-order valence-corrected chi connectivity index (χ1v) is 13.3. The zero-order valence-electron chi connectivity index (χ0n) is 21.6. The summed E-state index contributed by atoms with van der Waals surface area (Å²) in [5.74, 6) is 1.05. The van der Waals surface area contributed by atoms with Crippen molar-refractivity contribution in [2.24, 2.45) is 13.0 Å². The third-order valence-corrected chi connectivity index (χ3v) is 8.69. The van der Waals surface area contributed by atoms with Gasteiger partial charge in [0.2, 0.25) is 0 Å². The van der Waals surface area contributed by atoms with Gasteiger partial charge in [0.1, 0.15) is 5.65 Å². The largest absolute Gasteiger partial charge is 0.384 e. The Morgan fingerprint density at radius 2 is 2.08 bits per heavy atom. The van der Waals surface area contributed by atoms with Gasteiger partial charge in [0.15, 0.2) is 0 Å². The van der Waals surface area contributed by atoms with Crippen LogP contribution in [0.15, 0.2) is 47.4 Å². The molecule has 6 rings (SSSR count). The van der Waals surface area contributed by atoms with E-state index < -0.39 is 0 Å². The highest BCUT2D eigenvalue weighted by molar-refractivity contribution is 5.89. The Bertz CT molecular complexity index is 1320. The Balaban J connectivity index is 1.32. The summed E-state index contributed by atoms with van der Waals surface area (Å²) in [7, 11) is 3.62. The average molecular weight is 488 g/mol. The van der Waals surface area contributed by atoms with Gasteiger partial charge in [-0.25, -0.2) is 4.98 Å². The minimum atomic E-state index is -0.00810. The number of anilines is 1. The molecule has 0 spiro atoms. The molecule has 36 heavy (non-hydrogen) atoms. The molecule has 0 aliphatic carbocycles. The molecule has 2 saturated heterocycles. The number of methoxy groups -OCH3 is 1. The van der Waals surface area contributed by atoms with E-state index in [1.54, 1.807) is 23.9 Å². The number of benzene rings is 1. The number of hydrogen-bond acceptors (Lipinski definition) is 6. The van der Waals surface area contributed by atoms with E-state index in [-0.39, 0.29) is 5.56 Å². The van der Waals surface area contributed by atoms with E-state index in [1.807, 2.05) is 13.2 Å². The fourth-order valence-corrected chi connectivity index (χ4v) is 6.84. The number of hydrogen-bond donors (Lipinski definition) is 1. The van der Waals surface area contributed by atoms with Crippen molar-refractivity contribution < 1.29 is 4.74 Å². The zero-order valence-corrected chi connectivity index (χ0v) is 21.6. The lowest BCUT2D eigenvalue weighted by Crippen LogP contribution is -2.51. The van der Waals surface area contributed by atoms with Crippen LogP contribution in [0.3, 0.4) is 0 Å². The van der Waals surface area contributed by atoms with Gasteiger partial charge in [-0.15, -0.1) is 0 Å². The van der Waals surface area contributed by atoms with Gasteiger partial charge in [-0.1, -0.05) is 18.2 Å². The van der Waals surface area contributed by atoms with Crippen LogP contribution in [-0.2, 0) is 18.3 Å². The highest BCUT2D eigenvalue weighted by atomic mass is 16.5. The van der Waals surface area contributed by atoms with Crippen molar-refractivity contribution in [3.8, 4) is 0 Å². The van der Waals surface area contributed by atoms with Crippen LogP contribution in [0, 0.1) is 5.92 Å². The van der Waals surface area contributed by atoms with Crippen molar-refractivity contribution >= 4 is 16.7 Å². The predicted octanol–water partition coefficient (Wildman–Crippen LogP) is 3.43. The van der Waals surface area contributed by atoms with Crippen molar-refractivity contribution in [1.82, 2.24) is 19.8 Å². The zero-order chi connectivity index (χ0) is 24.8. The molecule has 0 bridgehead atoms. The maximum absolute atomic E-state index is 12.8. The van der Waals surface area contributed by atoms with Gasteiger partial charge < -0.3 is 15.0 Å². The molecule has 0 amide bonds.